The Bertz CT molecular complexity index is 813. The van der Waals surface area contributed by atoms with Crippen LogP contribution >= 0.6 is 0 Å². The van der Waals surface area contributed by atoms with E-state index in [4.69, 9.17) is 9.47 Å². The molecule has 2 aromatic rings. The summed E-state index contributed by atoms with van der Waals surface area (Å²) >= 11 is 0. The average molecular weight is 407 g/mol. The molecule has 1 heterocycles. The van der Waals surface area contributed by atoms with E-state index in [1.165, 1.54) is 44.5 Å². The summed E-state index contributed by atoms with van der Waals surface area (Å²) < 4.78 is 11.6. The van der Waals surface area contributed by atoms with Crippen LogP contribution in [0.4, 0.5) is 0 Å². The zero-order chi connectivity index (χ0) is 20.6. The van der Waals surface area contributed by atoms with Gasteiger partial charge in [-0.05, 0) is 48.4 Å². The Hall–Kier alpha value is -2.30. The standard InChI is InChI=1S/C26H34N2O2/c1-29-25-13-12-24(18-26(25)30-21-23-10-6-3-7-11-23)20-28-16-14-27(15-17-28)19-22-8-4-2-5-9-22/h2-4,6-7,10-13,18,22H,5,8-9,14-17,19-21H2,1H3/t22-/m1/s1. The summed E-state index contributed by atoms with van der Waals surface area (Å²) in [6.45, 7) is 7.39. The van der Waals surface area contributed by atoms with Crippen molar-refractivity contribution in [2.24, 2.45) is 5.92 Å². The molecule has 1 aliphatic carbocycles. The Labute approximate surface area is 181 Å². The zero-order valence-corrected chi connectivity index (χ0v) is 18.1. The summed E-state index contributed by atoms with van der Waals surface area (Å²) in [6, 6.07) is 16.6. The summed E-state index contributed by atoms with van der Waals surface area (Å²) in [5.74, 6) is 2.47. The van der Waals surface area contributed by atoms with E-state index in [2.05, 4.69) is 46.2 Å². The van der Waals surface area contributed by atoms with Crippen molar-refractivity contribution in [1.29, 1.82) is 0 Å². The maximum Gasteiger partial charge on any atom is 0.161 e. The van der Waals surface area contributed by atoms with Crippen molar-refractivity contribution >= 4 is 0 Å². The van der Waals surface area contributed by atoms with Gasteiger partial charge in [0.05, 0.1) is 7.11 Å². The second-order valence-electron chi connectivity index (χ2n) is 8.49. The third-order valence-corrected chi connectivity index (χ3v) is 6.23. The van der Waals surface area contributed by atoms with Crippen LogP contribution < -0.4 is 9.47 Å². The van der Waals surface area contributed by atoms with E-state index in [1.807, 2.05) is 24.3 Å². The van der Waals surface area contributed by atoms with Crippen LogP contribution in [0.15, 0.2) is 60.7 Å². The van der Waals surface area contributed by atoms with E-state index in [1.54, 1.807) is 7.11 Å². The molecule has 0 bridgehead atoms. The largest absolute Gasteiger partial charge is 0.493 e. The Kier molecular flexibility index (Phi) is 7.44. The third kappa shape index (κ3) is 5.87. The molecule has 1 atom stereocenters. The van der Waals surface area contributed by atoms with Crippen LogP contribution in [-0.4, -0.2) is 49.6 Å². The molecule has 1 saturated heterocycles. The first-order valence-electron chi connectivity index (χ1n) is 11.2. The lowest BCUT2D eigenvalue weighted by Gasteiger charge is -2.36. The molecule has 0 saturated carbocycles. The SMILES string of the molecule is COc1ccc(CN2CCN(C[C@@H]3CC=CCC3)CC2)cc1OCc1ccccc1. The summed E-state index contributed by atoms with van der Waals surface area (Å²) in [4.78, 5) is 5.21. The summed E-state index contributed by atoms with van der Waals surface area (Å²) in [7, 11) is 1.70. The third-order valence-electron chi connectivity index (χ3n) is 6.23. The van der Waals surface area contributed by atoms with Gasteiger partial charge in [0, 0.05) is 39.3 Å². The zero-order valence-electron chi connectivity index (χ0n) is 18.1. The number of hydrogen-bond acceptors (Lipinski definition) is 4. The number of benzene rings is 2. The van der Waals surface area contributed by atoms with Gasteiger partial charge in [0.1, 0.15) is 6.61 Å². The topological polar surface area (TPSA) is 24.9 Å². The number of nitrogens with zero attached hydrogens (tertiary/aromatic N) is 2. The van der Waals surface area contributed by atoms with Gasteiger partial charge in [0.25, 0.3) is 0 Å². The highest BCUT2D eigenvalue weighted by atomic mass is 16.5. The lowest BCUT2D eigenvalue weighted by Crippen LogP contribution is -2.47. The molecule has 4 rings (SSSR count). The van der Waals surface area contributed by atoms with E-state index in [-0.39, 0.29) is 0 Å². The second kappa shape index (κ2) is 10.6. The molecule has 2 aromatic carbocycles. The molecule has 0 amide bonds. The Morgan fingerprint density at radius 2 is 1.67 bits per heavy atom. The molecule has 0 radical (unpaired) electrons. The fourth-order valence-electron chi connectivity index (χ4n) is 4.44. The number of allylic oxidation sites excluding steroid dienone is 2. The summed E-state index contributed by atoms with van der Waals surface area (Å²) in [6.07, 6.45) is 8.58. The van der Waals surface area contributed by atoms with Crippen molar-refractivity contribution < 1.29 is 9.47 Å². The van der Waals surface area contributed by atoms with Crippen molar-refractivity contribution in [3.05, 3.63) is 71.8 Å². The quantitative estimate of drug-likeness (QED) is 0.591. The van der Waals surface area contributed by atoms with Gasteiger partial charge in [-0.25, -0.2) is 0 Å². The molecule has 30 heavy (non-hydrogen) atoms. The monoisotopic (exact) mass is 406 g/mol. The van der Waals surface area contributed by atoms with Gasteiger partial charge in [0.2, 0.25) is 0 Å². The van der Waals surface area contributed by atoms with Gasteiger partial charge in [-0.2, -0.15) is 0 Å². The van der Waals surface area contributed by atoms with Crippen LogP contribution in [0.3, 0.4) is 0 Å². The average Bonchev–Trinajstić information content (AvgIpc) is 2.80. The molecule has 2 aliphatic rings. The highest BCUT2D eigenvalue weighted by molar-refractivity contribution is 5.43. The number of ether oxygens (including phenoxy) is 2. The van der Waals surface area contributed by atoms with Crippen molar-refractivity contribution in [1.82, 2.24) is 9.80 Å². The molecule has 160 valence electrons. The van der Waals surface area contributed by atoms with Gasteiger partial charge >= 0.3 is 0 Å². The lowest BCUT2D eigenvalue weighted by molar-refractivity contribution is 0.111. The summed E-state index contributed by atoms with van der Waals surface area (Å²) in [5, 5.41) is 0. The fraction of sp³-hybridized carbons (Fsp3) is 0.462. The fourth-order valence-corrected chi connectivity index (χ4v) is 4.44. The van der Waals surface area contributed by atoms with Crippen LogP contribution in [0.2, 0.25) is 0 Å². The normalized spacial score (nSPS) is 20.2. The number of piperazine rings is 1. The summed E-state index contributed by atoms with van der Waals surface area (Å²) in [5.41, 5.74) is 2.44. The molecule has 1 aliphatic heterocycles. The Balaban J connectivity index is 1.29. The van der Waals surface area contributed by atoms with Crippen molar-refractivity contribution in [3.63, 3.8) is 0 Å². The highest BCUT2D eigenvalue weighted by Crippen LogP contribution is 2.29. The van der Waals surface area contributed by atoms with Crippen LogP contribution in [0, 0.1) is 5.92 Å². The molecule has 1 fully saturated rings. The van der Waals surface area contributed by atoms with E-state index in [0.29, 0.717) is 6.61 Å². The van der Waals surface area contributed by atoms with Crippen LogP contribution in [0.1, 0.15) is 30.4 Å². The number of hydrogen-bond donors (Lipinski definition) is 0. The van der Waals surface area contributed by atoms with E-state index < -0.39 is 0 Å². The molecular weight excluding hydrogens is 372 g/mol. The first-order valence-corrected chi connectivity index (χ1v) is 11.2. The lowest BCUT2D eigenvalue weighted by atomic mass is 9.94. The first-order chi connectivity index (χ1) is 14.8. The number of methoxy groups -OCH3 is 1. The van der Waals surface area contributed by atoms with Crippen molar-refractivity contribution in [3.8, 4) is 11.5 Å². The van der Waals surface area contributed by atoms with Gasteiger partial charge < -0.3 is 14.4 Å². The predicted octanol–water partition coefficient (Wildman–Crippen LogP) is 4.75. The molecule has 0 unspecified atom stereocenters. The molecular formula is C26H34N2O2. The first kappa shape index (κ1) is 21.0. The number of rotatable bonds is 8. The van der Waals surface area contributed by atoms with Crippen molar-refractivity contribution in [2.75, 3.05) is 39.8 Å². The van der Waals surface area contributed by atoms with Crippen LogP contribution in [0.25, 0.3) is 0 Å². The molecule has 0 N–H and O–H groups in total. The second-order valence-corrected chi connectivity index (χ2v) is 8.49. The highest BCUT2D eigenvalue weighted by Gasteiger charge is 2.20. The van der Waals surface area contributed by atoms with Gasteiger partial charge in [-0.1, -0.05) is 48.6 Å². The van der Waals surface area contributed by atoms with Crippen molar-refractivity contribution in [2.45, 2.75) is 32.4 Å². The maximum atomic E-state index is 6.09. The Morgan fingerprint density at radius 3 is 2.40 bits per heavy atom. The van der Waals surface area contributed by atoms with E-state index >= 15 is 0 Å². The van der Waals surface area contributed by atoms with Crippen LogP contribution in [-0.2, 0) is 13.2 Å². The van der Waals surface area contributed by atoms with Gasteiger partial charge in [-0.3, -0.25) is 4.90 Å². The van der Waals surface area contributed by atoms with Gasteiger partial charge in [0.15, 0.2) is 11.5 Å². The molecule has 4 heteroatoms. The molecule has 4 nitrogen and oxygen atoms in total. The van der Waals surface area contributed by atoms with Crippen LogP contribution in [0.5, 0.6) is 11.5 Å². The molecule has 0 aromatic heterocycles. The molecule has 0 spiro atoms. The maximum absolute atomic E-state index is 6.09. The smallest absolute Gasteiger partial charge is 0.161 e. The minimum absolute atomic E-state index is 0.551. The minimum Gasteiger partial charge on any atom is -0.493 e. The van der Waals surface area contributed by atoms with Gasteiger partial charge in [-0.15, -0.1) is 0 Å². The van der Waals surface area contributed by atoms with E-state index in [9.17, 15) is 0 Å². The minimum atomic E-state index is 0.551. The predicted molar refractivity (Wildman–Crippen MR) is 122 cm³/mol. The Morgan fingerprint density at radius 1 is 0.867 bits per heavy atom. The van der Waals surface area contributed by atoms with E-state index in [0.717, 1.165) is 42.6 Å².